The number of likely N-dealkylation sites (N-methyl/N-ethyl adjacent to an activating group) is 1. The third kappa shape index (κ3) is 3.68. The second-order valence-corrected chi connectivity index (χ2v) is 3.95. The Kier molecular flexibility index (Phi) is 5.43. The summed E-state index contributed by atoms with van der Waals surface area (Å²) in [5, 5.41) is 0. The molecule has 0 amide bonds. The molecule has 0 bridgehead atoms. The third-order valence-electron chi connectivity index (χ3n) is 2.74. The van der Waals surface area contributed by atoms with Crippen LogP contribution in [0.15, 0.2) is 22.8 Å². The van der Waals surface area contributed by atoms with Gasteiger partial charge in [-0.3, -0.25) is 4.90 Å². The third-order valence-corrected chi connectivity index (χ3v) is 2.74. The van der Waals surface area contributed by atoms with Crippen molar-refractivity contribution >= 4 is 0 Å². The molecule has 2 N–H and O–H groups in total. The van der Waals surface area contributed by atoms with Gasteiger partial charge >= 0.3 is 0 Å². The van der Waals surface area contributed by atoms with Crippen LogP contribution < -0.4 is 5.73 Å². The largest absolute Gasteiger partial charge is 0.468 e. The van der Waals surface area contributed by atoms with Crippen molar-refractivity contribution in [1.82, 2.24) is 4.90 Å². The maximum absolute atomic E-state index is 5.77. The number of nitrogens with zero attached hydrogens (tertiary/aromatic N) is 1. The van der Waals surface area contributed by atoms with E-state index in [2.05, 4.69) is 18.9 Å². The van der Waals surface area contributed by atoms with Crippen molar-refractivity contribution in [3.63, 3.8) is 0 Å². The van der Waals surface area contributed by atoms with E-state index in [4.69, 9.17) is 10.2 Å². The molecule has 1 heterocycles. The van der Waals surface area contributed by atoms with E-state index in [1.54, 1.807) is 6.26 Å². The van der Waals surface area contributed by atoms with Crippen LogP contribution in [0.5, 0.6) is 0 Å². The lowest BCUT2D eigenvalue weighted by atomic mass is 10.1. The molecule has 1 aromatic heterocycles. The summed E-state index contributed by atoms with van der Waals surface area (Å²) in [6.45, 7) is 3.90. The highest BCUT2D eigenvalue weighted by molar-refractivity contribution is 5.04. The van der Waals surface area contributed by atoms with Gasteiger partial charge in [0.15, 0.2) is 0 Å². The van der Waals surface area contributed by atoms with Gasteiger partial charge in [-0.1, -0.05) is 19.8 Å². The summed E-state index contributed by atoms with van der Waals surface area (Å²) in [4.78, 5) is 2.27. The predicted molar refractivity (Wildman–Crippen MR) is 62.7 cm³/mol. The van der Waals surface area contributed by atoms with Gasteiger partial charge in [-0.05, 0) is 32.1 Å². The van der Waals surface area contributed by atoms with Crippen LogP contribution >= 0.6 is 0 Å². The highest BCUT2D eigenvalue weighted by Gasteiger charge is 2.16. The lowest BCUT2D eigenvalue weighted by molar-refractivity contribution is 0.216. The molecule has 1 unspecified atom stereocenters. The van der Waals surface area contributed by atoms with E-state index in [1.807, 2.05) is 12.1 Å². The fraction of sp³-hybridized carbons (Fsp3) is 0.667. The molecule has 0 saturated heterocycles. The SMILES string of the molecule is CCCCCN(C)C(CN)c1ccco1. The topological polar surface area (TPSA) is 42.4 Å². The first kappa shape index (κ1) is 12.3. The summed E-state index contributed by atoms with van der Waals surface area (Å²) in [6, 6.07) is 4.13. The van der Waals surface area contributed by atoms with Crippen LogP contribution in [0.2, 0.25) is 0 Å². The first-order valence-corrected chi connectivity index (χ1v) is 5.73. The van der Waals surface area contributed by atoms with Gasteiger partial charge in [0.25, 0.3) is 0 Å². The fourth-order valence-electron chi connectivity index (χ4n) is 1.76. The van der Waals surface area contributed by atoms with Gasteiger partial charge in [0, 0.05) is 6.54 Å². The minimum atomic E-state index is 0.219. The smallest absolute Gasteiger partial charge is 0.122 e. The van der Waals surface area contributed by atoms with E-state index < -0.39 is 0 Å². The monoisotopic (exact) mass is 210 g/mol. The number of hydrogen-bond donors (Lipinski definition) is 1. The van der Waals surface area contributed by atoms with Crippen molar-refractivity contribution in [1.29, 1.82) is 0 Å². The second-order valence-electron chi connectivity index (χ2n) is 3.95. The molecule has 0 spiro atoms. The minimum absolute atomic E-state index is 0.219. The first-order valence-electron chi connectivity index (χ1n) is 5.73. The maximum Gasteiger partial charge on any atom is 0.122 e. The molecule has 0 radical (unpaired) electrons. The Labute approximate surface area is 92.2 Å². The molecule has 0 fully saturated rings. The quantitative estimate of drug-likeness (QED) is 0.703. The van der Waals surface area contributed by atoms with Crippen LogP contribution in [-0.2, 0) is 0 Å². The molecular weight excluding hydrogens is 188 g/mol. The molecule has 1 atom stereocenters. The van der Waals surface area contributed by atoms with Crippen molar-refractivity contribution in [2.75, 3.05) is 20.1 Å². The van der Waals surface area contributed by atoms with Crippen molar-refractivity contribution in [2.45, 2.75) is 32.2 Å². The number of nitrogens with two attached hydrogens (primary N) is 1. The summed E-state index contributed by atoms with van der Waals surface area (Å²) < 4.78 is 5.39. The number of hydrogen-bond acceptors (Lipinski definition) is 3. The predicted octanol–water partition coefficient (Wildman–Crippen LogP) is 2.40. The molecule has 86 valence electrons. The molecule has 1 aromatic rings. The van der Waals surface area contributed by atoms with Crippen LogP contribution in [0.25, 0.3) is 0 Å². The maximum atomic E-state index is 5.77. The Morgan fingerprint density at radius 1 is 1.47 bits per heavy atom. The summed E-state index contributed by atoms with van der Waals surface area (Å²) >= 11 is 0. The van der Waals surface area contributed by atoms with Crippen molar-refractivity contribution in [3.05, 3.63) is 24.2 Å². The lowest BCUT2D eigenvalue weighted by Gasteiger charge is -2.25. The lowest BCUT2D eigenvalue weighted by Crippen LogP contribution is -2.31. The van der Waals surface area contributed by atoms with E-state index >= 15 is 0 Å². The van der Waals surface area contributed by atoms with Crippen molar-refractivity contribution in [2.24, 2.45) is 5.73 Å². The average Bonchev–Trinajstić information content (AvgIpc) is 2.73. The van der Waals surface area contributed by atoms with E-state index in [9.17, 15) is 0 Å². The minimum Gasteiger partial charge on any atom is -0.468 e. The Balaban J connectivity index is 2.44. The Morgan fingerprint density at radius 3 is 2.80 bits per heavy atom. The van der Waals surface area contributed by atoms with E-state index in [0.29, 0.717) is 6.54 Å². The molecule has 0 aliphatic heterocycles. The zero-order chi connectivity index (χ0) is 11.1. The molecular formula is C12H22N2O. The summed E-state index contributed by atoms with van der Waals surface area (Å²) in [5.41, 5.74) is 5.77. The van der Waals surface area contributed by atoms with Gasteiger partial charge in [-0.2, -0.15) is 0 Å². The molecule has 3 nitrogen and oxygen atoms in total. The van der Waals surface area contributed by atoms with Gasteiger partial charge < -0.3 is 10.2 Å². The van der Waals surface area contributed by atoms with Gasteiger partial charge in [0.05, 0.1) is 12.3 Å². The van der Waals surface area contributed by atoms with Crippen LogP contribution in [0.3, 0.4) is 0 Å². The van der Waals surface area contributed by atoms with Crippen LogP contribution in [-0.4, -0.2) is 25.0 Å². The summed E-state index contributed by atoms with van der Waals surface area (Å²) in [6.07, 6.45) is 5.46. The summed E-state index contributed by atoms with van der Waals surface area (Å²) in [5.74, 6) is 0.969. The average molecular weight is 210 g/mol. The van der Waals surface area contributed by atoms with Crippen LogP contribution in [0.4, 0.5) is 0 Å². The zero-order valence-corrected chi connectivity index (χ0v) is 9.78. The van der Waals surface area contributed by atoms with Crippen molar-refractivity contribution < 1.29 is 4.42 Å². The van der Waals surface area contributed by atoms with E-state index in [1.165, 1.54) is 19.3 Å². The molecule has 15 heavy (non-hydrogen) atoms. The molecule has 3 heteroatoms. The number of rotatable bonds is 7. The van der Waals surface area contributed by atoms with E-state index in [0.717, 1.165) is 12.3 Å². The van der Waals surface area contributed by atoms with Crippen LogP contribution in [0.1, 0.15) is 38.0 Å². The van der Waals surface area contributed by atoms with Crippen molar-refractivity contribution in [3.8, 4) is 0 Å². The number of unbranched alkanes of at least 4 members (excludes halogenated alkanes) is 2. The Bertz CT molecular complexity index is 246. The Hall–Kier alpha value is -0.800. The second kappa shape index (κ2) is 6.64. The van der Waals surface area contributed by atoms with E-state index in [-0.39, 0.29) is 6.04 Å². The van der Waals surface area contributed by atoms with Gasteiger partial charge in [-0.25, -0.2) is 0 Å². The molecule has 0 aromatic carbocycles. The van der Waals surface area contributed by atoms with Gasteiger partial charge in [0.1, 0.15) is 5.76 Å². The molecule has 0 saturated carbocycles. The zero-order valence-electron chi connectivity index (χ0n) is 9.78. The standard InChI is InChI=1S/C12H22N2O/c1-3-4-5-8-14(2)11(10-13)12-7-6-9-15-12/h6-7,9,11H,3-5,8,10,13H2,1-2H3. The molecule has 0 aliphatic rings. The Morgan fingerprint density at radius 2 is 2.27 bits per heavy atom. The number of furan rings is 1. The van der Waals surface area contributed by atoms with Gasteiger partial charge in [-0.15, -0.1) is 0 Å². The first-order chi connectivity index (χ1) is 7.29. The normalized spacial score (nSPS) is 13.3. The van der Waals surface area contributed by atoms with Crippen LogP contribution in [0, 0.1) is 0 Å². The fourth-order valence-corrected chi connectivity index (χ4v) is 1.76. The molecule has 1 rings (SSSR count). The summed E-state index contributed by atoms with van der Waals surface area (Å²) in [7, 11) is 2.11. The van der Waals surface area contributed by atoms with Gasteiger partial charge in [0.2, 0.25) is 0 Å². The highest BCUT2D eigenvalue weighted by atomic mass is 16.3. The molecule has 0 aliphatic carbocycles. The highest BCUT2D eigenvalue weighted by Crippen LogP contribution is 2.18.